The van der Waals surface area contributed by atoms with E-state index in [9.17, 15) is 9.59 Å². The van der Waals surface area contributed by atoms with E-state index in [1.165, 1.54) is 29.0 Å². The van der Waals surface area contributed by atoms with Crippen molar-refractivity contribution in [3.05, 3.63) is 57.5 Å². The third-order valence-electron chi connectivity index (χ3n) is 3.19. The van der Waals surface area contributed by atoms with Crippen molar-refractivity contribution in [3.8, 4) is 0 Å². The molecule has 1 N–H and O–H groups in total. The zero-order valence-corrected chi connectivity index (χ0v) is 13.4. The molecule has 7 nitrogen and oxygen atoms in total. The van der Waals surface area contributed by atoms with Crippen LogP contribution in [0.25, 0.3) is 4.96 Å². The van der Waals surface area contributed by atoms with Gasteiger partial charge in [-0.2, -0.15) is 4.52 Å². The number of hydrogen-bond acceptors (Lipinski definition) is 7. The van der Waals surface area contributed by atoms with Crippen molar-refractivity contribution in [1.29, 1.82) is 0 Å². The largest absolute Gasteiger partial charge is 0.465 e. The molecule has 0 fully saturated rings. The number of ether oxygens (including phenoxy) is 1. The first-order valence-corrected chi connectivity index (χ1v) is 7.67. The third-order valence-corrected chi connectivity index (χ3v) is 4.06. The fourth-order valence-corrected chi connectivity index (χ4v) is 2.89. The van der Waals surface area contributed by atoms with Gasteiger partial charge in [-0.3, -0.25) is 4.79 Å². The second kappa shape index (κ2) is 6.17. The molecule has 0 atom stereocenters. The Hall–Kier alpha value is -2.74. The molecule has 0 saturated heterocycles. The quantitative estimate of drug-likeness (QED) is 0.735. The Bertz CT molecular complexity index is 915. The molecule has 0 saturated carbocycles. The number of nitrogens with one attached hydrogen (secondary N) is 1. The highest BCUT2D eigenvalue weighted by Crippen LogP contribution is 2.17. The number of aromatic nitrogens is 3. The van der Waals surface area contributed by atoms with Crippen molar-refractivity contribution in [2.45, 2.75) is 13.5 Å². The number of anilines is 1. The van der Waals surface area contributed by atoms with Crippen molar-refractivity contribution >= 4 is 27.4 Å². The second-order valence-electron chi connectivity index (χ2n) is 4.88. The Morgan fingerprint density at radius 2 is 2.09 bits per heavy atom. The lowest BCUT2D eigenvalue weighted by Gasteiger charge is -2.03. The van der Waals surface area contributed by atoms with Gasteiger partial charge in [-0.05, 0) is 24.6 Å². The minimum absolute atomic E-state index is 0.195. The van der Waals surface area contributed by atoms with E-state index in [0.717, 1.165) is 5.56 Å². The number of hydrogen-bond donors (Lipinski definition) is 1. The molecule has 8 heteroatoms. The number of methoxy groups -OCH3 is 1. The van der Waals surface area contributed by atoms with Gasteiger partial charge in [-0.15, -0.1) is 5.10 Å². The topological polar surface area (TPSA) is 85.6 Å². The summed E-state index contributed by atoms with van der Waals surface area (Å²) < 4.78 is 5.94. The summed E-state index contributed by atoms with van der Waals surface area (Å²) >= 11 is 1.31. The van der Waals surface area contributed by atoms with Gasteiger partial charge in [0.1, 0.15) is 0 Å². The molecular formula is C15H14N4O3S. The van der Waals surface area contributed by atoms with Gasteiger partial charge >= 0.3 is 5.97 Å². The van der Waals surface area contributed by atoms with Gasteiger partial charge in [0.25, 0.3) is 5.56 Å². The minimum Gasteiger partial charge on any atom is -0.465 e. The molecule has 0 spiro atoms. The van der Waals surface area contributed by atoms with Gasteiger partial charge < -0.3 is 10.1 Å². The highest BCUT2D eigenvalue weighted by Gasteiger charge is 2.08. The Kier molecular flexibility index (Phi) is 4.07. The molecule has 3 aromatic rings. The number of carbonyl (C=O) groups is 1. The summed E-state index contributed by atoms with van der Waals surface area (Å²) in [6.45, 7) is 2.30. The molecule has 0 aliphatic carbocycles. The minimum atomic E-state index is -0.364. The van der Waals surface area contributed by atoms with E-state index in [1.54, 1.807) is 19.1 Å². The summed E-state index contributed by atoms with van der Waals surface area (Å²) in [6.07, 6.45) is 0. The highest BCUT2D eigenvalue weighted by molar-refractivity contribution is 7.20. The van der Waals surface area contributed by atoms with Crippen molar-refractivity contribution in [3.63, 3.8) is 0 Å². The Morgan fingerprint density at radius 3 is 2.78 bits per heavy atom. The summed E-state index contributed by atoms with van der Waals surface area (Å²) in [5.74, 6) is -0.364. The van der Waals surface area contributed by atoms with Crippen LogP contribution in [-0.4, -0.2) is 27.7 Å². The molecule has 118 valence electrons. The van der Waals surface area contributed by atoms with Crippen LogP contribution >= 0.6 is 11.3 Å². The van der Waals surface area contributed by atoms with Crippen LogP contribution in [0.4, 0.5) is 5.13 Å². The molecule has 2 aromatic heterocycles. The SMILES string of the molecule is COC(=O)c1ccc(CNc2nn3c(=O)cc(C)nc3s2)cc1. The molecule has 0 unspecified atom stereocenters. The predicted octanol–water partition coefficient (Wildman–Crippen LogP) is 1.86. The van der Waals surface area contributed by atoms with Crippen LogP contribution in [0.5, 0.6) is 0 Å². The number of nitrogens with zero attached hydrogens (tertiary/aromatic N) is 3. The number of benzene rings is 1. The third kappa shape index (κ3) is 3.21. The average molecular weight is 330 g/mol. The number of esters is 1. The first kappa shape index (κ1) is 15.2. The zero-order chi connectivity index (χ0) is 16.4. The zero-order valence-electron chi connectivity index (χ0n) is 12.6. The molecule has 1 aromatic carbocycles. The smallest absolute Gasteiger partial charge is 0.337 e. The van der Waals surface area contributed by atoms with Crippen LogP contribution in [0.1, 0.15) is 21.6 Å². The number of carbonyl (C=O) groups excluding carboxylic acids is 1. The normalized spacial score (nSPS) is 10.7. The van der Waals surface area contributed by atoms with E-state index in [0.29, 0.717) is 27.9 Å². The van der Waals surface area contributed by atoms with Gasteiger partial charge in [0, 0.05) is 18.3 Å². The van der Waals surface area contributed by atoms with Gasteiger partial charge in [0.05, 0.1) is 12.7 Å². The average Bonchev–Trinajstić information content (AvgIpc) is 2.96. The lowest BCUT2D eigenvalue weighted by atomic mass is 10.1. The molecular weight excluding hydrogens is 316 g/mol. The van der Waals surface area contributed by atoms with Crippen LogP contribution < -0.4 is 10.9 Å². The Labute approximate surface area is 135 Å². The maximum atomic E-state index is 11.8. The number of rotatable bonds is 4. The molecule has 3 rings (SSSR count). The summed E-state index contributed by atoms with van der Waals surface area (Å²) in [7, 11) is 1.35. The predicted molar refractivity (Wildman–Crippen MR) is 87.0 cm³/mol. The van der Waals surface area contributed by atoms with Crippen molar-refractivity contribution in [1.82, 2.24) is 14.6 Å². The van der Waals surface area contributed by atoms with Crippen LogP contribution in [0, 0.1) is 6.92 Å². The van der Waals surface area contributed by atoms with Crippen LogP contribution in [0.2, 0.25) is 0 Å². The summed E-state index contributed by atoms with van der Waals surface area (Å²) in [4.78, 5) is 28.0. The lowest BCUT2D eigenvalue weighted by molar-refractivity contribution is 0.0600. The number of aryl methyl sites for hydroxylation is 1. The van der Waals surface area contributed by atoms with Gasteiger partial charge in [0.15, 0.2) is 0 Å². The van der Waals surface area contributed by atoms with Gasteiger partial charge in [-0.1, -0.05) is 23.5 Å². The van der Waals surface area contributed by atoms with Crippen LogP contribution in [0.15, 0.2) is 35.1 Å². The monoisotopic (exact) mass is 330 g/mol. The van der Waals surface area contributed by atoms with Gasteiger partial charge in [-0.25, -0.2) is 9.78 Å². The second-order valence-corrected chi connectivity index (χ2v) is 5.84. The fourth-order valence-electron chi connectivity index (χ4n) is 2.05. The lowest BCUT2D eigenvalue weighted by Crippen LogP contribution is -2.14. The van der Waals surface area contributed by atoms with E-state index in [2.05, 4.69) is 20.1 Å². The fraction of sp³-hybridized carbons (Fsp3) is 0.200. The molecule has 2 heterocycles. The Morgan fingerprint density at radius 1 is 1.35 bits per heavy atom. The van der Waals surface area contributed by atoms with Crippen LogP contribution in [-0.2, 0) is 11.3 Å². The molecule has 0 aliphatic rings. The maximum absolute atomic E-state index is 11.8. The standard InChI is InChI=1S/C15H14N4O3S/c1-9-7-12(20)19-15(17-9)23-14(18-19)16-8-10-3-5-11(6-4-10)13(21)22-2/h3-7H,8H2,1-2H3,(H,16,18). The van der Waals surface area contributed by atoms with Crippen LogP contribution in [0.3, 0.4) is 0 Å². The molecule has 23 heavy (non-hydrogen) atoms. The van der Waals surface area contributed by atoms with E-state index in [-0.39, 0.29) is 11.5 Å². The maximum Gasteiger partial charge on any atom is 0.337 e. The van der Waals surface area contributed by atoms with E-state index in [1.807, 2.05) is 12.1 Å². The Balaban J connectivity index is 1.74. The number of fused-ring (bicyclic) bond motifs is 1. The van der Waals surface area contributed by atoms with Crippen molar-refractivity contribution in [2.75, 3.05) is 12.4 Å². The summed E-state index contributed by atoms with van der Waals surface area (Å²) in [5.41, 5.74) is 1.96. The molecule has 0 radical (unpaired) electrons. The van der Waals surface area contributed by atoms with E-state index < -0.39 is 0 Å². The highest BCUT2D eigenvalue weighted by atomic mass is 32.1. The van der Waals surface area contributed by atoms with Gasteiger partial charge in [0.2, 0.25) is 10.1 Å². The first-order valence-electron chi connectivity index (χ1n) is 6.85. The summed E-state index contributed by atoms with van der Waals surface area (Å²) in [6, 6.07) is 8.53. The summed E-state index contributed by atoms with van der Waals surface area (Å²) in [5, 5.41) is 7.96. The van der Waals surface area contributed by atoms with E-state index >= 15 is 0 Å². The molecule has 0 aliphatic heterocycles. The van der Waals surface area contributed by atoms with Crippen molar-refractivity contribution < 1.29 is 9.53 Å². The first-order chi connectivity index (χ1) is 11.1. The molecule has 0 bridgehead atoms. The van der Waals surface area contributed by atoms with Crippen molar-refractivity contribution in [2.24, 2.45) is 0 Å². The van der Waals surface area contributed by atoms with E-state index in [4.69, 9.17) is 0 Å². The molecule has 0 amide bonds.